The zero-order valence-corrected chi connectivity index (χ0v) is 20.9. The molecule has 3 aromatic rings. The summed E-state index contributed by atoms with van der Waals surface area (Å²) >= 11 is 0. The van der Waals surface area contributed by atoms with Crippen molar-refractivity contribution in [2.75, 3.05) is 18.2 Å². The van der Waals surface area contributed by atoms with E-state index in [2.05, 4.69) is 9.71 Å². The Hall–Kier alpha value is -3.05. The molecule has 0 bridgehead atoms. The normalized spacial score (nSPS) is 11.7. The van der Waals surface area contributed by atoms with E-state index < -0.39 is 19.9 Å². The van der Waals surface area contributed by atoms with Crippen molar-refractivity contribution in [3.05, 3.63) is 90.3 Å². The van der Waals surface area contributed by atoms with Crippen LogP contribution in [-0.4, -0.2) is 41.0 Å². The third kappa shape index (κ3) is 7.22. The van der Waals surface area contributed by atoms with E-state index in [1.807, 2.05) is 0 Å². The maximum absolute atomic E-state index is 12.5. The Kier molecular flexibility index (Phi) is 9.11. The number of halogens is 1. The molecule has 0 saturated carbocycles. The van der Waals surface area contributed by atoms with Gasteiger partial charge in [-0.2, -0.15) is 0 Å². The number of nitrogens with one attached hydrogen (secondary N) is 1. The second-order valence-electron chi connectivity index (χ2n) is 7.21. The minimum atomic E-state index is -3.73. The van der Waals surface area contributed by atoms with Gasteiger partial charge in [-0.15, -0.1) is 12.4 Å². The topological polar surface area (TPSA) is 114 Å². The first-order valence-electron chi connectivity index (χ1n) is 9.82. The fraction of sp³-hybridized carbons (Fsp3) is 0.130. The molecular weight excluding hydrogens is 498 g/mol. The highest BCUT2D eigenvalue weighted by atomic mass is 35.5. The molecule has 0 fully saturated rings. The van der Waals surface area contributed by atoms with E-state index in [-0.39, 0.29) is 34.6 Å². The molecule has 0 atom stereocenters. The van der Waals surface area contributed by atoms with Crippen LogP contribution in [0.2, 0.25) is 0 Å². The molecule has 0 spiro atoms. The SMILES string of the molecule is CN(C(=O)/C=C/c1ccc(S(C)(=O)=O)cc1)c1ccc(S(=O)(=O)NCc2ccccn2)cc1.Cl. The lowest BCUT2D eigenvalue weighted by Gasteiger charge is -2.16. The van der Waals surface area contributed by atoms with Crippen molar-refractivity contribution >= 4 is 49.9 Å². The Morgan fingerprint density at radius 2 is 1.56 bits per heavy atom. The fourth-order valence-corrected chi connectivity index (χ4v) is 4.47. The standard InChI is InChI=1S/C23H23N3O5S2.ClH/c1-26(23(27)15-8-18-6-11-21(12-7-18)32(2,28)29)20-9-13-22(14-10-20)33(30,31)25-17-19-5-3-4-16-24-19;/h3-16,25H,17H2,1-2H3;1H/b15-8+;. The van der Waals surface area contributed by atoms with Crippen molar-refractivity contribution in [2.45, 2.75) is 16.3 Å². The minimum absolute atomic E-state index is 0. The number of amides is 1. The van der Waals surface area contributed by atoms with Gasteiger partial charge in [0.25, 0.3) is 5.91 Å². The number of aromatic nitrogens is 1. The van der Waals surface area contributed by atoms with E-state index in [9.17, 15) is 21.6 Å². The Balaban J connectivity index is 0.00000408. The van der Waals surface area contributed by atoms with E-state index in [4.69, 9.17) is 0 Å². The summed E-state index contributed by atoms with van der Waals surface area (Å²) in [5.74, 6) is -0.328. The molecule has 1 aromatic heterocycles. The second-order valence-corrected chi connectivity index (χ2v) is 11.0. The first kappa shape index (κ1) is 27.2. The molecule has 0 unspecified atom stereocenters. The highest BCUT2D eigenvalue weighted by Gasteiger charge is 2.15. The van der Waals surface area contributed by atoms with Crippen molar-refractivity contribution in [2.24, 2.45) is 0 Å². The third-order valence-electron chi connectivity index (χ3n) is 4.76. The maximum atomic E-state index is 12.5. The molecule has 0 aliphatic carbocycles. The Morgan fingerprint density at radius 3 is 2.12 bits per heavy atom. The number of hydrogen-bond donors (Lipinski definition) is 1. The predicted molar refractivity (Wildman–Crippen MR) is 134 cm³/mol. The highest BCUT2D eigenvalue weighted by molar-refractivity contribution is 7.90. The van der Waals surface area contributed by atoms with Crippen LogP contribution in [0, 0.1) is 0 Å². The number of sulfone groups is 1. The van der Waals surface area contributed by atoms with Gasteiger partial charge in [0.1, 0.15) is 0 Å². The average Bonchev–Trinajstić information content (AvgIpc) is 2.81. The van der Waals surface area contributed by atoms with Crippen molar-refractivity contribution < 1.29 is 21.6 Å². The van der Waals surface area contributed by atoms with Crippen molar-refractivity contribution in [3.63, 3.8) is 0 Å². The van der Waals surface area contributed by atoms with Crippen LogP contribution in [0.15, 0.2) is 88.8 Å². The van der Waals surface area contributed by atoms with Gasteiger partial charge in [-0.05, 0) is 60.2 Å². The van der Waals surface area contributed by atoms with Crippen LogP contribution in [0.25, 0.3) is 6.08 Å². The van der Waals surface area contributed by atoms with Crippen molar-refractivity contribution in [3.8, 4) is 0 Å². The van der Waals surface area contributed by atoms with Gasteiger partial charge in [0.2, 0.25) is 10.0 Å². The first-order valence-corrected chi connectivity index (χ1v) is 13.2. The molecule has 1 N–H and O–H groups in total. The van der Waals surface area contributed by atoms with E-state index in [1.54, 1.807) is 61.8 Å². The fourth-order valence-electron chi connectivity index (χ4n) is 2.84. The smallest absolute Gasteiger partial charge is 0.250 e. The van der Waals surface area contributed by atoms with Gasteiger partial charge >= 0.3 is 0 Å². The van der Waals surface area contributed by atoms with Crippen LogP contribution < -0.4 is 9.62 Å². The van der Waals surface area contributed by atoms with E-state index in [0.717, 1.165) is 6.26 Å². The Bertz CT molecular complexity index is 1360. The second kappa shape index (κ2) is 11.4. The Labute approximate surface area is 205 Å². The molecule has 1 heterocycles. The maximum Gasteiger partial charge on any atom is 0.250 e. The number of nitrogens with zero attached hydrogens (tertiary/aromatic N) is 2. The third-order valence-corrected chi connectivity index (χ3v) is 7.31. The van der Waals surface area contributed by atoms with Gasteiger partial charge in [0.05, 0.1) is 22.0 Å². The minimum Gasteiger partial charge on any atom is -0.312 e. The summed E-state index contributed by atoms with van der Waals surface area (Å²) in [4.78, 5) is 18.2. The summed E-state index contributed by atoms with van der Waals surface area (Å²) in [5, 5.41) is 0. The number of hydrogen-bond acceptors (Lipinski definition) is 6. The van der Waals surface area contributed by atoms with Gasteiger partial charge in [-0.25, -0.2) is 21.6 Å². The molecule has 1 amide bonds. The van der Waals surface area contributed by atoms with Crippen LogP contribution in [-0.2, 0) is 31.2 Å². The van der Waals surface area contributed by atoms with E-state index in [1.165, 1.54) is 35.2 Å². The molecule has 180 valence electrons. The summed E-state index contributed by atoms with van der Waals surface area (Å²) < 4.78 is 50.5. The molecule has 3 rings (SSSR count). The number of carbonyl (C=O) groups is 1. The molecule has 8 nitrogen and oxygen atoms in total. The number of rotatable bonds is 8. The predicted octanol–water partition coefficient (Wildman–Crippen LogP) is 3.06. The van der Waals surface area contributed by atoms with Gasteiger partial charge in [0, 0.05) is 31.3 Å². The molecule has 0 aliphatic heterocycles. The Morgan fingerprint density at radius 1 is 0.941 bits per heavy atom. The number of pyridine rings is 1. The van der Waals surface area contributed by atoms with Crippen molar-refractivity contribution in [1.82, 2.24) is 9.71 Å². The average molecular weight is 522 g/mol. The van der Waals surface area contributed by atoms with Gasteiger partial charge in [-0.1, -0.05) is 18.2 Å². The summed E-state index contributed by atoms with van der Waals surface area (Å²) in [5.41, 5.74) is 1.78. The van der Waals surface area contributed by atoms with Crippen LogP contribution in [0.3, 0.4) is 0 Å². The van der Waals surface area contributed by atoms with Gasteiger partial charge < -0.3 is 4.90 Å². The van der Waals surface area contributed by atoms with Crippen LogP contribution in [0.1, 0.15) is 11.3 Å². The van der Waals surface area contributed by atoms with Crippen LogP contribution >= 0.6 is 12.4 Å². The van der Waals surface area contributed by atoms with Crippen molar-refractivity contribution in [1.29, 1.82) is 0 Å². The lowest BCUT2D eigenvalue weighted by Crippen LogP contribution is -2.25. The van der Waals surface area contributed by atoms with Gasteiger partial charge in [-0.3, -0.25) is 9.78 Å². The summed E-state index contributed by atoms with van der Waals surface area (Å²) in [6.07, 6.45) is 5.65. The molecule has 0 radical (unpaired) electrons. The van der Waals surface area contributed by atoms with Crippen LogP contribution in [0.5, 0.6) is 0 Å². The lowest BCUT2D eigenvalue weighted by atomic mass is 10.2. The number of anilines is 1. The van der Waals surface area contributed by atoms with E-state index >= 15 is 0 Å². The number of carbonyl (C=O) groups excluding carboxylic acids is 1. The van der Waals surface area contributed by atoms with Crippen LogP contribution in [0.4, 0.5) is 5.69 Å². The number of likely N-dealkylation sites (N-methyl/N-ethyl adjacent to an activating group) is 1. The zero-order valence-electron chi connectivity index (χ0n) is 18.5. The number of sulfonamides is 1. The summed E-state index contributed by atoms with van der Waals surface area (Å²) in [7, 11) is -5.44. The summed E-state index contributed by atoms with van der Waals surface area (Å²) in [6, 6.07) is 17.4. The van der Waals surface area contributed by atoms with Gasteiger partial charge in [0.15, 0.2) is 9.84 Å². The quantitative estimate of drug-likeness (QED) is 0.456. The molecule has 0 saturated heterocycles. The molecule has 2 aromatic carbocycles. The lowest BCUT2D eigenvalue weighted by molar-refractivity contribution is -0.113. The molecule has 11 heteroatoms. The zero-order chi connectivity index (χ0) is 24.1. The molecule has 0 aliphatic rings. The molecule has 34 heavy (non-hydrogen) atoms. The van der Waals surface area contributed by atoms with E-state index in [0.29, 0.717) is 16.9 Å². The first-order chi connectivity index (χ1) is 15.6. The monoisotopic (exact) mass is 521 g/mol. The summed E-state index contributed by atoms with van der Waals surface area (Å²) in [6.45, 7) is 0.0687. The highest BCUT2D eigenvalue weighted by Crippen LogP contribution is 2.18. The number of benzene rings is 2. The molecular formula is C23H24ClN3O5S2. The largest absolute Gasteiger partial charge is 0.312 e.